The van der Waals surface area contributed by atoms with Crippen LogP contribution in [0.25, 0.3) is 10.2 Å². The number of nitrogens with one attached hydrogen (secondary N) is 2. The summed E-state index contributed by atoms with van der Waals surface area (Å²) < 4.78 is 6.35. The molecule has 0 bridgehead atoms. The Morgan fingerprint density at radius 2 is 2.10 bits per heavy atom. The van der Waals surface area contributed by atoms with Crippen LogP contribution in [0.15, 0.2) is 53.4 Å². The standard InChI is InChI=1S/C21H20ClN5O2S.ClH/c1-12-17(9-15(23)21(28)26-13-4-6-24-7-5-13)30-20-16(10-18(22)27-19(12)20)25-11-14-3-2-8-29-14;/h2-8,10,15H,9,11,23H2,1H3,(H,25,27)(H,24,26,28);1H. The molecule has 1 unspecified atom stereocenters. The lowest BCUT2D eigenvalue weighted by Gasteiger charge is -2.11. The summed E-state index contributed by atoms with van der Waals surface area (Å²) in [7, 11) is 0. The maximum Gasteiger partial charge on any atom is 0.241 e. The van der Waals surface area contributed by atoms with Crippen LogP contribution in [-0.4, -0.2) is 21.9 Å². The highest BCUT2D eigenvalue weighted by Crippen LogP contribution is 2.37. The molecule has 10 heteroatoms. The van der Waals surface area contributed by atoms with Gasteiger partial charge in [0.25, 0.3) is 0 Å². The molecule has 0 saturated heterocycles. The Hall–Kier alpha value is -2.65. The van der Waals surface area contributed by atoms with Gasteiger partial charge in [-0.05, 0) is 36.8 Å². The number of anilines is 2. The number of pyridine rings is 2. The number of carbonyl (C=O) groups excluding carboxylic acids is 1. The van der Waals surface area contributed by atoms with Crippen molar-refractivity contribution in [3.63, 3.8) is 0 Å². The van der Waals surface area contributed by atoms with Crippen molar-refractivity contribution in [2.24, 2.45) is 5.73 Å². The van der Waals surface area contributed by atoms with E-state index in [0.717, 1.165) is 32.1 Å². The number of amides is 1. The summed E-state index contributed by atoms with van der Waals surface area (Å²) in [5.74, 6) is 0.569. The Kier molecular flexibility index (Phi) is 7.50. The highest BCUT2D eigenvalue weighted by atomic mass is 35.5. The van der Waals surface area contributed by atoms with E-state index in [1.54, 1.807) is 48.2 Å². The molecule has 4 aromatic heterocycles. The Labute approximate surface area is 194 Å². The van der Waals surface area contributed by atoms with Crippen molar-refractivity contribution in [3.8, 4) is 0 Å². The van der Waals surface area contributed by atoms with E-state index in [0.29, 0.717) is 23.8 Å². The second kappa shape index (κ2) is 10.1. The minimum absolute atomic E-state index is 0. The zero-order valence-corrected chi connectivity index (χ0v) is 19.0. The Morgan fingerprint density at radius 1 is 1.32 bits per heavy atom. The molecule has 0 aliphatic rings. The second-order valence-corrected chi connectivity index (χ2v) is 8.28. The first kappa shape index (κ1) is 23.0. The van der Waals surface area contributed by atoms with Crippen molar-refractivity contribution >= 4 is 62.8 Å². The van der Waals surface area contributed by atoms with E-state index >= 15 is 0 Å². The van der Waals surface area contributed by atoms with E-state index in [9.17, 15) is 4.79 Å². The van der Waals surface area contributed by atoms with Crippen LogP contribution in [0.2, 0.25) is 5.15 Å². The quantitative estimate of drug-likeness (QED) is 0.330. The summed E-state index contributed by atoms with van der Waals surface area (Å²) in [6, 6.07) is 8.29. The number of carbonyl (C=O) groups is 1. The summed E-state index contributed by atoms with van der Waals surface area (Å²) in [5, 5.41) is 6.57. The number of hydrogen-bond donors (Lipinski definition) is 3. The topological polar surface area (TPSA) is 106 Å². The van der Waals surface area contributed by atoms with Crippen LogP contribution in [0.1, 0.15) is 16.2 Å². The van der Waals surface area contributed by atoms with Crippen molar-refractivity contribution < 1.29 is 9.21 Å². The number of aromatic nitrogens is 2. The molecule has 4 heterocycles. The number of nitrogens with two attached hydrogens (primary N) is 1. The normalized spacial score (nSPS) is 11.7. The molecule has 4 rings (SSSR count). The van der Waals surface area contributed by atoms with Gasteiger partial charge in [-0.25, -0.2) is 4.98 Å². The molecule has 0 aliphatic heterocycles. The molecule has 0 saturated carbocycles. The molecule has 0 fully saturated rings. The van der Waals surface area contributed by atoms with Crippen molar-refractivity contribution in [2.75, 3.05) is 10.6 Å². The molecule has 7 nitrogen and oxygen atoms in total. The van der Waals surface area contributed by atoms with Gasteiger partial charge in [-0.15, -0.1) is 23.7 Å². The number of furan rings is 1. The van der Waals surface area contributed by atoms with E-state index in [2.05, 4.69) is 20.6 Å². The monoisotopic (exact) mass is 477 g/mol. The Morgan fingerprint density at radius 3 is 2.81 bits per heavy atom. The first-order chi connectivity index (χ1) is 14.5. The fourth-order valence-electron chi connectivity index (χ4n) is 3.08. The SMILES string of the molecule is Cc1c(CC(N)C(=O)Nc2ccncc2)sc2c(NCc3ccco3)cc(Cl)nc12.Cl. The number of fused-ring (bicyclic) bond motifs is 1. The third kappa shape index (κ3) is 5.34. The second-order valence-electron chi connectivity index (χ2n) is 6.79. The van der Waals surface area contributed by atoms with Crippen molar-refractivity contribution in [2.45, 2.75) is 25.9 Å². The number of halogens is 2. The van der Waals surface area contributed by atoms with Gasteiger partial charge in [-0.2, -0.15) is 0 Å². The van der Waals surface area contributed by atoms with E-state index in [1.807, 2.05) is 19.1 Å². The highest BCUT2D eigenvalue weighted by molar-refractivity contribution is 7.19. The average molecular weight is 478 g/mol. The predicted molar refractivity (Wildman–Crippen MR) is 127 cm³/mol. The van der Waals surface area contributed by atoms with Gasteiger partial charge in [0, 0.05) is 35.4 Å². The number of aryl methyl sites for hydroxylation is 1. The summed E-state index contributed by atoms with van der Waals surface area (Å²) in [5.41, 5.74) is 9.51. The number of nitrogens with zero attached hydrogens (tertiary/aromatic N) is 2. The molecule has 0 aromatic carbocycles. The number of thiophene rings is 1. The van der Waals surface area contributed by atoms with Crippen LogP contribution in [0.4, 0.5) is 11.4 Å². The van der Waals surface area contributed by atoms with E-state index in [1.165, 1.54) is 0 Å². The molecule has 162 valence electrons. The van der Waals surface area contributed by atoms with Gasteiger partial charge in [0.2, 0.25) is 5.91 Å². The first-order valence-electron chi connectivity index (χ1n) is 9.32. The van der Waals surface area contributed by atoms with Gasteiger partial charge in [0.1, 0.15) is 10.9 Å². The van der Waals surface area contributed by atoms with Gasteiger partial charge in [-0.1, -0.05) is 11.6 Å². The molecular formula is C21H21Cl2N5O2S. The fraction of sp³-hybridized carbons (Fsp3) is 0.190. The molecule has 1 amide bonds. The van der Waals surface area contributed by atoms with Crippen LogP contribution < -0.4 is 16.4 Å². The maximum atomic E-state index is 12.5. The molecule has 1 atom stereocenters. The lowest BCUT2D eigenvalue weighted by Crippen LogP contribution is -2.37. The smallest absolute Gasteiger partial charge is 0.241 e. The molecule has 4 aromatic rings. The zero-order valence-electron chi connectivity index (χ0n) is 16.6. The van der Waals surface area contributed by atoms with E-state index in [-0.39, 0.29) is 18.3 Å². The van der Waals surface area contributed by atoms with E-state index < -0.39 is 6.04 Å². The van der Waals surface area contributed by atoms with Crippen LogP contribution in [0, 0.1) is 6.92 Å². The van der Waals surface area contributed by atoms with Crippen LogP contribution in [0.5, 0.6) is 0 Å². The van der Waals surface area contributed by atoms with Gasteiger partial charge < -0.3 is 20.8 Å². The third-order valence-corrected chi connectivity index (χ3v) is 6.19. The van der Waals surface area contributed by atoms with E-state index in [4.69, 9.17) is 21.8 Å². The minimum atomic E-state index is -0.695. The lowest BCUT2D eigenvalue weighted by atomic mass is 10.1. The minimum Gasteiger partial charge on any atom is -0.467 e. The molecular weight excluding hydrogens is 457 g/mol. The number of hydrogen-bond acceptors (Lipinski definition) is 7. The summed E-state index contributed by atoms with van der Waals surface area (Å²) >= 11 is 7.81. The summed E-state index contributed by atoms with van der Waals surface area (Å²) in [6.45, 7) is 2.50. The summed E-state index contributed by atoms with van der Waals surface area (Å²) in [4.78, 5) is 21.9. The number of rotatable bonds is 7. The predicted octanol–water partition coefficient (Wildman–Crippen LogP) is 4.79. The molecule has 0 aliphatic carbocycles. The Balaban J connectivity index is 0.00000272. The van der Waals surface area contributed by atoms with Crippen molar-refractivity contribution in [1.29, 1.82) is 0 Å². The van der Waals surface area contributed by atoms with Gasteiger partial charge in [0.05, 0.1) is 34.8 Å². The average Bonchev–Trinajstić information content (AvgIpc) is 3.36. The zero-order chi connectivity index (χ0) is 21.1. The lowest BCUT2D eigenvalue weighted by molar-refractivity contribution is -0.117. The van der Waals surface area contributed by atoms with Crippen molar-refractivity contribution in [3.05, 3.63) is 70.3 Å². The van der Waals surface area contributed by atoms with Crippen LogP contribution >= 0.6 is 35.3 Å². The third-order valence-electron chi connectivity index (χ3n) is 4.66. The van der Waals surface area contributed by atoms with Crippen LogP contribution in [0.3, 0.4) is 0 Å². The Bertz CT molecular complexity index is 1170. The summed E-state index contributed by atoms with van der Waals surface area (Å²) in [6.07, 6.45) is 5.27. The fourth-order valence-corrected chi connectivity index (χ4v) is 4.56. The molecule has 31 heavy (non-hydrogen) atoms. The molecule has 0 spiro atoms. The van der Waals surface area contributed by atoms with Gasteiger partial charge >= 0.3 is 0 Å². The largest absolute Gasteiger partial charge is 0.467 e. The first-order valence-corrected chi connectivity index (χ1v) is 10.5. The van der Waals surface area contributed by atoms with Gasteiger partial charge in [-0.3, -0.25) is 9.78 Å². The highest BCUT2D eigenvalue weighted by Gasteiger charge is 2.20. The van der Waals surface area contributed by atoms with Gasteiger partial charge in [0.15, 0.2) is 0 Å². The maximum absolute atomic E-state index is 12.5. The van der Waals surface area contributed by atoms with Crippen molar-refractivity contribution in [1.82, 2.24) is 9.97 Å². The molecule has 0 radical (unpaired) electrons. The molecule has 4 N–H and O–H groups in total. The van der Waals surface area contributed by atoms with Crippen LogP contribution in [-0.2, 0) is 17.8 Å².